The third-order valence-corrected chi connectivity index (χ3v) is 5.01. The minimum absolute atomic E-state index is 0.0673. The van der Waals surface area contributed by atoms with Gasteiger partial charge in [-0.1, -0.05) is 35.5 Å². The first-order valence-electron chi connectivity index (χ1n) is 9.11. The Balaban J connectivity index is 1.51. The Kier molecular flexibility index (Phi) is 4.78. The summed E-state index contributed by atoms with van der Waals surface area (Å²) >= 11 is 0. The first-order valence-corrected chi connectivity index (χ1v) is 9.11. The summed E-state index contributed by atoms with van der Waals surface area (Å²) in [5, 5.41) is 4.11. The van der Waals surface area contributed by atoms with Crippen LogP contribution in [0.2, 0.25) is 0 Å². The fourth-order valence-electron chi connectivity index (χ4n) is 3.68. The molecule has 3 heterocycles. The minimum Gasteiger partial charge on any atom is -0.378 e. The van der Waals surface area contributed by atoms with Crippen LogP contribution in [-0.2, 0) is 9.53 Å². The zero-order valence-electron chi connectivity index (χ0n) is 14.3. The van der Waals surface area contributed by atoms with E-state index >= 15 is 0 Å². The van der Waals surface area contributed by atoms with Crippen LogP contribution < -0.4 is 0 Å². The standard InChI is InChI=1S/C19H23N3O3/c23-17(13-15-9-6-12-24-15)22-11-5-4-10-16(22)19-20-18(21-25-19)14-7-2-1-3-8-14/h1-3,7-8,15-16H,4-6,9-13H2/t15-,16+/m1/s1. The van der Waals surface area contributed by atoms with Gasteiger partial charge in [-0.15, -0.1) is 0 Å². The molecule has 1 aromatic carbocycles. The van der Waals surface area contributed by atoms with Gasteiger partial charge in [-0.05, 0) is 32.1 Å². The Morgan fingerprint density at radius 1 is 1.16 bits per heavy atom. The van der Waals surface area contributed by atoms with Crippen molar-refractivity contribution in [1.29, 1.82) is 0 Å². The van der Waals surface area contributed by atoms with E-state index in [0.29, 0.717) is 18.1 Å². The summed E-state index contributed by atoms with van der Waals surface area (Å²) in [7, 11) is 0. The smallest absolute Gasteiger partial charge is 0.249 e. The maximum Gasteiger partial charge on any atom is 0.249 e. The summed E-state index contributed by atoms with van der Waals surface area (Å²) in [6.07, 6.45) is 5.50. The number of hydrogen-bond donors (Lipinski definition) is 0. The number of piperidine rings is 1. The van der Waals surface area contributed by atoms with E-state index in [1.54, 1.807) is 0 Å². The summed E-state index contributed by atoms with van der Waals surface area (Å²) in [6, 6.07) is 9.64. The molecule has 1 aromatic heterocycles. The van der Waals surface area contributed by atoms with Crippen LogP contribution in [0.5, 0.6) is 0 Å². The maximum atomic E-state index is 12.8. The lowest BCUT2D eigenvalue weighted by Gasteiger charge is -2.34. The molecule has 0 radical (unpaired) electrons. The van der Waals surface area contributed by atoms with Crippen molar-refractivity contribution in [3.05, 3.63) is 36.2 Å². The van der Waals surface area contributed by atoms with Gasteiger partial charge >= 0.3 is 0 Å². The Hall–Kier alpha value is -2.21. The number of amides is 1. The average molecular weight is 341 g/mol. The summed E-state index contributed by atoms with van der Waals surface area (Å²) < 4.78 is 11.1. The molecule has 2 aliphatic heterocycles. The van der Waals surface area contributed by atoms with E-state index < -0.39 is 0 Å². The largest absolute Gasteiger partial charge is 0.378 e. The van der Waals surface area contributed by atoms with Crippen LogP contribution in [0, 0.1) is 0 Å². The van der Waals surface area contributed by atoms with Crippen molar-refractivity contribution >= 4 is 5.91 Å². The molecule has 25 heavy (non-hydrogen) atoms. The number of likely N-dealkylation sites (tertiary alicyclic amines) is 1. The van der Waals surface area contributed by atoms with E-state index in [-0.39, 0.29) is 18.1 Å². The molecule has 6 heteroatoms. The lowest BCUT2D eigenvalue weighted by molar-refractivity contribution is -0.138. The molecular weight excluding hydrogens is 318 g/mol. The topological polar surface area (TPSA) is 68.5 Å². The summed E-state index contributed by atoms with van der Waals surface area (Å²) in [5.41, 5.74) is 0.922. The van der Waals surface area contributed by atoms with Crippen molar-refractivity contribution in [2.24, 2.45) is 0 Å². The molecule has 0 N–H and O–H groups in total. The highest BCUT2D eigenvalue weighted by molar-refractivity contribution is 5.77. The molecule has 0 saturated carbocycles. The zero-order valence-corrected chi connectivity index (χ0v) is 14.3. The SMILES string of the molecule is O=C(C[C@H]1CCCO1)N1CCCC[C@H]1c1nc(-c2ccccc2)no1. The molecule has 0 unspecified atom stereocenters. The summed E-state index contributed by atoms with van der Waals surface area (Å²) in [5.74, 6) is 1.25. The quantitative estimate of drug-likeness (QED) is 0.853. The molecule has 2 aliphatic rings. The predicted octanol–water partition coefficient (Wildman–Crippen LogP) is 3.36. The molecule has 2 atom stereocenters. The van der Waals surface area contributed by atoms with Gasteiger partial charge in [0.05, 0.1) is 12.5 Å². The Labute approximate surface area is 147 Å². The third-order valence-electron chi connectivity index (χ3n) is 5.01. The lowest BCUT2D eigenvalue weighted by Crippen LogP contribution is -2.40. The first-order chi connectivity index (χ1) is 12.3. The number of carbonyl (C=O) groups is 1. The van der Waals surface area contributed by atoms with Crippen molar-refractivity contribution < 1.29 is 14.1 Å². The molecule has 2 saturated heterocycles. The zero-order chi connectivity index (χ0) is 17.1. The van der Waals surface area contributed by atoms with Gasteiger partial charge in [0, 0.05) is 18.7 Å². The van der Waals surface area contributed by atoms with E-state index in [0.717, 1.165) is 50.8 Å². The molecule has 0 spiro atoms. The van der Waals surface area contributed by atoms with Gasteiger partial charge < -0.3 is 14.2 Å². The number of aromatic nitrogens is 2. The average Bonchev–Trinajstić information content (AvgIpc) is 3.34. The van der Waals surface area contributed by atoms with E-state index in [4.69, 9.17) is 9.26 Å². The summed E-state index contributed by atoms with van der Waals surface area (Å²) in [6.45, 7) is 1.52. The Morgan fingerprint density at radius 3 is 2.84 bits per heavy atom. The van der Waals surface area contributed by atoms with Crippen LogP contribution in [-0.4, -0.2) is 40.2 Å². The third kappa shape index (κ3) is 3.58. The summed E-state index contributed by atoms with van der Waals surface area (Å²) in [4.78, 5) is 19.2. The Morgan fingerprint density at radius 2 is 2.04 bits per heavy atom. The highest BCUT2D eigenvalue weighted by Crippen LogP contribution is 2.32. The van der Waals surface area contributed by atoms with Crippen molar-refractivity contribution in [1.82, 2.24) is 15.0 Å². The predicted molar refractivity (Wildman–Crippen MR) is 91.6 cm³/mol. The monoisotopic (exact) mass is 341 g/mol. The molecule has 0 bridgehead atoms. The van der Waals surface area contributed by atoms with Crippen molar-refractivity contribution in [3.63, 3.8) is 0 Å². The number of rotatable bonds is 4. The van der Waals surface area contributed by atoms with E-state index in [1.807, 2.05) is 35.2 Å². The molecule has 6 nitrogen and oxygen atoms in total. The van der Waals surface area contributed by atoms with Gasteiger partial charge in [0.2, 0.25) is 17.6 Å². The van der Waals surface area contributed by atoms with E-state index in [2.05, 4.69) is 10.1 Å². The highest BCUT2D eigenvalue weighted by Gasteiger charge is 2.33. The minimum atomic E-state index is -0.118. The number of benzene rings is 1. The second-order valence-electron chi connectivity index (χ2n) is 6.76. The fraction of sp³-hybridized carbons (Fsp3) is 0.526. The van der Waals surface area contributed by atoms with Gasteiger partial charge in [-0.3, -0.25) is 4.79 Å². The second-order valence-corrected chi connectivity index (χ2v) is 6.76. The van der Waals surface area contributed by atoms with Crippen molar-refractivity contribution in [2.45, 2.75) is 50.7 Å². The number of nitrogens with zero attached hydrogens (tertiary/aromatic N) is 3. The van der Waals surface area contributed by atoms with Crippen LogP contribution in [0.3, 0.4) is 0 Å². The van der Waals surface area contributed by atoms with Crippen molar-refractivity contribution in [2.75, 3.05) is 13.2 Å². The Bertz CT molecular complexity index is 710. The molecule has 132 valence electrons. The van der Waals surface area contributed by atoms with E-state index in [1.165, 1.54) is 0 Å². The first kappa shape index (κ1) is 16.3. The van der Waals surface area contributed by atoms with Gasteiger partial charge in [-0.25, -0.2) is 0 Å². The molecule has 4 rings (SSSR count). The van der Waals surface area contributed by atoms with Crippen LogP contribution in [0.25, 0.3) is 11.4 Å². The number of ether oxygens (including phenoxy) is 1. The van der Waals surface area contributed by atoms with E-state index in [9.17, 15) is 4.79 Å². The number of carbonyl (C=O) groups excluding carboxylic acids is 1. The molecule has 2 fully saturated rings. The lowest BCUT2D eigenvalue weighted by atomic mass is 10.0. The van der Waals surface area contributed by atoms with Crippen LogP contribution in [0.1, 0.15) is 50.5 Å². The fourth-order valence-corrected chi connectivity index (χ4v) is 3.68. The molecule has 2 aromatic rings. The molecule has 1 amide bonds. The second kappa shape index (κ2) is 7.35. The van der Waals surface area contributed by atoms with Crippen molar-refractivity contribution in [3.8, 4) is 11.4 Å². The number of hydrogen-bond acceptors (Lipinski definition) is 5. The highest BCUT2D eigenvalue weighted by atomic mass is 16.5. The molecule has 0 aliphatic carbocycles. The van der Waals surface area contributed by atoms with Gasteiger partial charge in [-0.2, -0.15) is 4.98 Å². The van der Waals surface area contributed by atoms with Gasteiger partial charge in [0.25, 0.3) is 0 Å². The van der Waals surface area contributed by atoms with Crippen LogP contribution in [0.15, 0.2) is 34.9 Å². The van der Waals surface area contributed by atoms with Gasteiger partial charge in [0.1, 0.15) is 6.04 Å². The van der Waals surface area contributed by atoms with Gasteiger partial charge in [0.15, 0.2) is 0 Å². The normalized spacial score (nSPS) is 23.8. The van der Waals surface area contributed by atoms with Crippen LogP contribution in [0.4, 0.5) is 0 Å². The maximum absolute atomic E-state index is 12.8. The van der Waals surface area contributed by atoms with Crippen LogP contribution >= 0.6 is 0 Å². The molecular formula is C19H23N3O3.